The number of halogens is 1. The lowest BCUT2D eigenvalue weighted by molar-refractivity contribution is -0.114. The quantitative estimate of drug-likeness (QED) is 0.659. The number of nitrogens with two attached hydrogens (primary N) is 1. The van der Waals surface area contributed by atoms with Crippen LogP contribution in [-0.4, -0.2) is 11.8 Å². The molecule has 0 bridgehead atoms. The summed E-state index contributed by atoms with van der Waals surface area (Å²) < 4.78 is 0.867. The van der Waals surface area contributed by atoms with Crippen molar-refractivity contribution < 1.29 is 9.59 Å². The van der Waals surface area contributed by atoms with Gasteiger partial charge >= 0.3 is 0 Å². The molecule has 0 aromatic heterocycles. The number of rotatable bonds is 4. The van der Waals surface area contributed by atoms with Crippen molar-refractivity contribution in [2.24, 2.45) is 5.73 Å². The van der Waals surface area contributed by atoms with Crippen LogP contribution in [-0.2, 0) is 4.79 Å². The Kier molecular flexibility index (Phi) is 4.95. The van der Waals surface area contributed by atoms with Crippen molar-refractivity contribution in [2.45, 2.75) is 0 Å². The molecular formula is C20H15BrN2O2. The molecule has 3 N–H and O–H groups in total. The fourth-order valence-corrected chi connectivity index (χ4v) is 2.69. The minimum absolute atomic E-state index is 0.0446. The molecule has 0 fully saturated rings. The molecule has 3 aromatic rings. The minimum Gasteiger partial charge on any atom is -0.364 e. The molecule has 0 saturated carbocycles. The molecule has 0 heterocycles. The highest BCUT2D eigenvalue weighted by Gasteiger charge is 2.12. The van der Waals surface area contributed by atoms with Gasteiger partial charge in [-0.05, 0) is 52.7 Å². The van der Waals surface area contributed by atoms with Crippen LogP contribution in [0.2, 0.25) is 0 Å². The van der Waals surface area contributed by atoms with Gasteiger partial charge < -0.3 is 11.1 Å². The van der Waals surface area contributed by atoms with Crippen LogP contribution in [0, 0.1) is 0 Å². The first-order valence-electron chi connectivity index (χ1n) is 7.60. The first kappa shape index (κ1) is 16.9. The second-order valence-corrected chi connectivity index (χ2v) is 6.41. The predicted molar refractivity (Wildman–Crippen MR) is 103 cm³/mol. The standard InChI is InChI=1S/C20H15BrN2O2/c21-17-9-7-15(8-10-17)20(25)23-18(19(22)24)12-13-5-6-14-3-1-2-4-16(14)11-13/h1-12H,(H2,22,24)(H,23,25)/b18-12+. The summed E-state index contributed by atoms with van der Waals surface area (Å²) in [5.41, 5.74) is 6.68. The Labute approximate surface area is 153 Å². The summed E-state index contributed by atoms with van der Waals surface area (Å²) in [7, 11) is 0. The fourth-order valence-electron chi connectivity index (χ4n) is 2.43. The van der Waals surface area contributed by atoms with Crippen molar-refractivity contribution in [2.75, 3.05) is 0 Å². The third-order valence-electron chi connectivity index (χ3n) is 3.70. The number of hydrogen-bond donors (Lipinski definition) is 2. The predicted octanol–water partition coefficient (Wildman–Crippen LogP) is 3.86. The van der Waals surface area contributed by atoms with Crippen LogP contribution in [0.3, 0.4) is 0 Å². The van der Waals surface area contributed by atoms with Crippen LogP contribution in [0.25, 0.3) is 16.8 Å². The zero-order valence-corrected chi connectivity index (χ0v) is 14.8. The average Bonchev–Trinajstić information content (AvgIpc) is 2.61. The first-order valence-corrected chi connectivity index (χ1v) is 8.39. The number of carbonyl (C=O) groups excluding carboxylic acids is 2. The zero-order chi connectivity index (χ0) is 17.8. The molecule has 0 saturated heterocycles. The molecule has 3 rings (SSSR count). The van der Waals surface area contributed by atoms with E-state index in [2.05, 4.69) is 21.2 Å². The van der Waals surface area contributed by atoms with Gasteiger partial charge in [-0.3, -0.25) is 9.59 Å². The van der Waals surface area contributed by atoms with Crippen LogP contribution in [0.4, 0.5) is 0 Å². The maximum atomic E-state index is 12.3. The van der Waals surface area contributed by atoms with Gasteiger partial charge in [0.05, 0.1) is 0 Å². The first-order chi connectivity index (χ1) is 12.0. The second kappa shape index (κ2) is 7.32. The van der Waals surface area contributed by atoms with Crippen molar-refractivity contribution in [3.05, 3.63) is 88.0 Å². The molecule has 25 heavy (non-hydrogen) atoms. The van der Waals surface area contributed by atoms with Gasteiger partial charge in [-0.25, -0.2) is 0 Å². The molecule has 0 atom stereocenters. The van der Waals surface area contributed by atoms with E-state index in [1.165, 1.54) is 0 Å². The summed E-state index contributed by atoms with van der Waals surface area (Å²) >= 11 is 3.32. The number of nitrogens with one attached hydrogen (secondary N) is 1. The van der Waals surface area contributed by atoms with Gasteiger partial charge in [0.25, 0.3) is 11.8 Å². The molecule has 0 unspecified atom stereocenters. The molecule has 0 aliphatic rings. The minimum atomic E-state index is -0.696. The van der Waals surface area contributed by atoms with Crippen LogP contribution in [0.15, 0.2) is 76.9 Å². The number of benzene rings is 3. The topological polar surface area (TPSA) is 72.2 Å². The highest BCUT2D eigenvalue weighted by Crippen LogP contribution is 2.17. The molecule has 124 valence electrons. The molecule has 3 aromatic carbocycles. The summed E-state index contributed by atoms with van der Waals surface area (Å²) in [6.45, 7) is 0. The van der Waals surface area contributed by atoms with Crippen LogP contribution < -0.4 is 11.1 Å². The summed E-state index contributed by atoms with van der Waals surface area (Å²) in [4.78, 5) is 24.0. The van der Waals surface area contributed by atoms with Gasteiger partial charge in [0, 0.05) is 10.0 Å². The van der Waals surface area contributed by atoms with Crippen molar-refractivity contribution in [1.29, 1.82) is 0 Å². The van der Waals surface area contributed by atoms with E-state index in [0.29, 0.717) is 5.56 Å². The summed E-state index contributed by atoms with van der Waals surface area (Å²) in [6.07, 6.45) is 1.57. The third kappa shape index (κ3) is 4.14. The SMILES string of the molecule is NC(=O)/C(=C\c1ccc2ccccc2c1)NC(=O)c1ccc(Br)cc1. The van der Waals surface area contributed by atoms with Gasteiger partial charge in [-0.15, -0.1) is 0 Å². The third-order valence-corrected chi connectivity index (χ3v) is 4.23. The largest absolute Gasteiger partial charge is 0.364 e. The van der Waals surface area contributed by atoms with E-state index < -0.39 is 11.8 Å². The van der Waals surface area contributed by atoms with Gasteiger partial charge in [0.1, 0.15) is 5.70 Å². The number of primary amides is 1. The lowest BCUT2D eigenvalue weighted by Gasteiger charge is -2.08. The Morgan fingerprint density at radius 1 is 0.920 bits per heavy atom. The molecule has 4 nitrogen and oxygen atoms in total. The van der Waals surface area contributed by atoms with E-state index in [-0.39, 0.29) is 5.70 Å². The maximum Gasteiger partial charge on any atom is 0.265 e. The highest BCUT2D eigenvalue weighted by atomic mass is 79.9. The summed E-state index contributed by atoms with van der Waals surface area (Å²) in [5, 5.41) is 4.72. The van der Waals surface area contributed by atoms with E-state index >= 15 is 0 Å². The molecule has 2 amide bonds. The van der Waals surface area contributed by atoms with Crippen LogP contribution >= 0.6 is 15.9 Å². The van der Waals surface area contributed by atoms with Crippen molar-refractivity contribution >= 4 is 44.6 Å². The normalized spacial score (nSPS) is 11.3. The summed E-state index contributed by atoms with van der Waals surface area (Å²) in [6, 6.07) is 20.5. The lowest BCUT2D eigenvalue weighted by atomic mass is 10.1. The van der Waals surface area contributed by atoms with E-state index in [1.807, 2.05) is 42.5 Å². The van der Waals surface area contributed by atoms with E-state index in [4.69, 9.17) is 5.73 Å². The summed E-state index contributed by atoms with van der Waals surface area (Å²) in [5.74, 6) is -1.09. The smallest absolute Gasteiger partial charge is 0.265 e. The van der Waals surface area contributed by atoms with Crippen LogP contribution in [0.1, 0.15) is 15.9 Å². The maximum absolute atomic E-state index is 12.3. The van der Waals surface area contributed by atoms with Gasteiger partial charge in [-0.2, -0.15) is 0 Å². The van der Waals surface area contributed by atoms with Gasteiger partial charge in [0.2, 0.25) is 0 Å². The Hall–Kier alpha value is -2.92. The number of amides is 2. The monoisotopic (exact) mass is 394 g/mol. The molecule has 0 spiro atoms. The fraction of sp³-hybridized carbons (Fsp3) is 0. The lowest BCUT2D eigenvalue weighted by Crippen LogP contribution is -2.31. The number of fused-ring (bicyclic) bond motifs is 1. The van der Waals surface area contributed by atoms with Gasteiger partial charge in [-0.1, -0.05) is 52.3 Å². The Morgan fingerprint density at radius 2 is 1.60 bits per heavy atom. The van der Waals surface area contributed by atoms with Crippen molar-refractivity contribution in [1.82, 2.24) is 5.32 Å². The van der Waals surface area contributed by atoms with Crippen molar-refractivity contribution in [3.8, 4) is 0 Å². The Balaban J connectivity index is 1.88. The van der Waals surface area contributed by atoms with E-state index in [0.717, 1.165) is 20.8 Å². The number of carbonyl (C=O) groups is 2. The van der Waals surface area contributed by atoms with Gasteiger partial charge in [0.15, 0.2) is 0 Å². The Morgan fingerprint density at radius 3 is 2.28 bits per heavy atom. The molecular weight excluding hydrogens is 380 g/mol. The molecule has 5 heteroatoms. The number of hydrogen-bond acceptors (Lipinski definition) is 2. The van der Waals surface area contributed by atoms with E-state index in [1.54, 1.807) is 30.3 Å². The highest BCUT2D eigenvalue weighted by molar-refractivity contribution is 9.10. The second-order valence-electron chi connectivity index (χ2n) is 5.49. The Bertz CT molecular complexity index is 978. The molecule has 0 aliphatic heterocycles. The zero-order valence-electron chi connectivity index (χ0n) is 13.2. The molecule has 0 aliphatic carbocycles. The molecule has 0 radical (unpaired) electrons. The van der Waals surface area contributed by atoms with E-state index in [9.17, 15) is 9.59 Å². The average molecular weight is 395 g/mol. The van der Waals surface area contributed by atoms with Crippen LogP contribution in [0.5, 0.6) is 0 Å². The van der Waals surface area contributed by atoms with Crippen molar-refractivity contribution in [3.63, 3.8) is 0 Å².